The Labute approximate surface area is 185 Å². The maximum atomic E-state index is 14.0. The van der Waals surface area contributed by atoms with E-state index in [9.17, 15) is 14.0 Å². The van der Waals surface area contributed by atoms with Crippen molar-refractivity contribution in [3.05, 3.63) is 53.6 Å². The van der Waals surface area contributed by atoms with Crippen LogP contribution in [0.4, 0.5) is 10.1 Å². The van der Waals surface area contributed by atoms with Crippen LogP contribution in [-0.2, 0) is 17.9 Å². The molecule has 1 saturated heterocycles. The van der Waals surface area contributed by atoms with Crippen molar-refractivity contribution >= 4 is 28.5 Å². The van der Waals surface area contributed by atoms with E-state index in [1.165, 1.54) is 6.07 Å². The highest BCUT2D eigenvalue weighted by Gasteiger charge is 2.24. The van der Waals surface area contributed by atoms with Crippen molar-refractivity contribution in [1.82, 2.24) is 25.0 Å². The number of hydrogen-bond acceptors (Lipinski definition) is 5. The van der Waals surface area contributed by atoms with Gasteiger partial charge in [-0.3, -0.25) is 9.59 Å². The van der Waals surface area contributed by atoms with Gasteiger partial charge in [-0.2, -0.15) is 5.10 Å². The fourth-order valence-corrected chi connectivity index (χ4v) is 4.04. The minimum atomic E-state index is -0.360. The first-order chi connectivity index (χ1) is 15.5. The van der Waals surface area contributed by atoms with Crippen LogP contribution in [0.15, 0.2) is 36.7 Å². The second kappa shape index (κ2) is 9.33. The third-order valence-electron chi connectivity index (χ3n) is 5.90. The zero-order chi connectivity index (χ0) is 22.7. The molecule has 8 nitrogen and oxygen atoms in total. The average Bonchev–Trinajstić information content (AvgIpc) is 3.22. The number of fused-ring (bicyclic) bond motifs is 1. The van der Waals surface area contributed by atoms with E-state index < -0.39 is 0 Å². The van der Waals surface area contributed by atoms with Crippen molar-refractivity contribution in [2.75, 3.05) is 18.4 Å². The lowest BCUT2D eigenvalue weighted by atomic mass is 10.0. The van der Waals surface area contributed by atoms with Crippen molar-refractivity contribution in [2.45, 2.75) is 45.8 Å². The molecule has 9 heteroatoms. The normalized spacial score (nSPS) is 14.5. The molecule has 4 rings (SSSR count). The molecule has 1 aliphatic heterocycles. The number of carbonyl (C=O) groups is 2. The minimum absolute atomic E-state index is 0.0761. The summed E-state index contributed by atoms with van der Waals surface area (Å²) in [6, 6.07) is 6.47. The molecular formula is C23H27FN6O2. The number of aryl methyl sites for hydroxylation is 1. The standard InChI is InChI=1S/C23H27FN6O2/c1-3-30-22-18(14-27-30)21(28-17-8-10-29(11-9-17)15(2)31)19(13-25-22)23(32)26-12-16-6-4-5-7-20(16)24/h4-7,13-14,17H,3,8-12H2,1-2H3,(H,25,28)(H,26,32). The topological polar surface area (TPSA) is 92.2 Å². The molecule has 1 aliphatic rings. The highest BCUT2D eigenvalue weighted by Crippen LogP contribution is 2.28. The summed E-state index contributed by atoms with van der Waals surface area (Å²) in [5.41, 5.74) is 2.17. The number of aromatic nitrogens is 3. The molecule has 0 bridgehead atoms. The monoisotopic (exact) mass is 438 g/mol. The molecule has 3 heterocycles. The van der Waals surface area contributed by atoms with E-state index >= 15 is 0 Å². The summed E-state index contributed by atoms with van der Waals surface area (Å²) < 4.78 is 15.7. The summed E-state index contributed by atoms with van der Waals surface area (Å²) in [5.74, 6) is -0.621. The Balaban J connectivity index is 1.59. The van der Waals surface area contributed by atoms with E-state index in [0.29, 0.717) is 42.1 Å². The lowest BCUT2D eigenvalue weighted by Crippen LogP contribution is -2.41. The number of pyridine rings is 1. The number of rotatable bonds is 6. The summed E-state index contributed by atoms with van der Waals surface area (Å²) in [7, 11) is 0. The van der Waals surface area contributed by atoms with Gasteiger partial charge in [0.25, 0.3) is 5.91 Å². The number of anilines is 1. The predicted octanol–water partition coefficient (Wildman–Crippen LogP) is 2.94. The Morgan fingerprint density at radius 1 is 1.19 bits per heavy atom. The van der Waals surface area contributed by atoms with E-state index in [1.54, 1.807) is 42.2 Å². The fourth-order valence-electron chi connectivity index (χ4n) is 4.04. The number of likely N-dealkylation sites (tertiary alicyclic amines) is 1. The number of piperidine rings is 1. The Hall–Kier alpha value is -3.49. The first-order valence-electron chi connectivity index (χ1n) is 10.9. The van der Waals surface area contributed by atoms with Crippen LogP contribution in [0.2, 0.25) is 0 Å². The van der Waals surface area contributed by atoms with Gasteiger partial charge in [-0.1, -0.05) is 18.2 Å². The number of nitrogens with one attached hydrogen (secondary N) is 2. The van der Waals surface area contributed by atoms with Gasteiger partial charge in [0.05, 0.1) is 22.8 Å². The highest BCUT2D eigenvalue weighted by atomic mass is 19.1. The van der Waals surface area contributed by atoms with Crippen molar-refractivity contribution in [3.63, 3.8) is 0 Å². The summed E-state index contributed by atoms with van der Waals surface area (Å²) in [6.45, 7) is 5.64. The third-order valence-corrected chi connectivity index (χ3v) is 5.90. The molecule has 32 heavy (non-hydrogen) atoms. The molecule has 0 radical (unpaired) electrons. The number of carbonyl (C=O) groups excluding carboxylic acids is 2. The van der Waals surface area contributed by atoms with Crippen LogP contribution >= 0.6 is 0 Å². The van der Waals surface area contributed by atoms with E-state index in [-0.39, 0.29) is 30.2 Å². The van der Waals surface area contributed by atoms with Gasteiger partial charge in [0, 0.05) is 50.9 Å². The average molecular weight is 439 g/mol. The summed E-state index contributed by atoms with van der Waals surface area (Å²) in [4.78, 5) is 31.0. The van der Waals surface area contributed by atoms with Gasteiger partial charge in [0.2, 0.25) is 5.91 Å². The Morgan fingerprint density at radius 2 is 1.94 bits per heavy atom. The maximum absolute atomic E-state index is 14.0. The van der Waals surface area contributed by atoms with Crippen LogP contribution in [0.25, 0.3) is 11.0 Å². The fraction of sp³-hybridized carbons (Fsp3) is 0.391. The summed E-state index contributed by atoms with van der Waals surface area (Å²) in [6.07, 6.45) is 4.82. The summed E-state index contributed by atoms with van der Waals surface area (Å²) in [5, 5.41) is 11.5. The number of nitrogens with zero attached hydrogens (tertiary/aromatic N) is 4. The molecule has 2 amide bonds. The van der Waals surface area contributed by atoms with Crippen molar-refractivity contribution in [1.29, 1.82) is 0 Å². The minimum Gasteiger partial charge on any atom is -0.381 e. The maximum Gasteiger partial charge on any atom is 0.255 e. The van der Waals surface area contributed by atoms with E-state index in [1.807, 2.05) is 11.8 Å². The highest BCUT2D eigenvalue weighted by molar-refractivity contribution is 6.06. The Bertz CT molecular complexity index is 1140. The number of benzene rings is 1. The molecular weight excluding hydrogens is 411 g/mol. The van der Waals surface area contributed by atoms with Crippen molar-refractivity contribution < 1.29 is 14.0 Å². The molecule has 2 aromatic heterocycles. The largest absolute Gasteiger partial charge is 0.381 e. The molecule has 168 valence electrons. The molecule has 0 spiro atoms. The molecule has 1 aromatic carbocycles. The van der Waals surface area contributed by atoms with Gasteiger partial charge in [-0.05, 0) is 25.8 Å². The molecule has 1 fully saturated rings. The molecule has 0 aliphatic carbocycles. The van der Waals surface area contributed by atoms with Crippen LogP contribution in [0, 0.1) is 5.82 Å². The molecule has 3 aromatic rings. The molecule has 2 N–H and O–H groups in total. The van der Waals surface area contributed by atoms with Crippen LogP contribution < -0.4 is 10.6 Å². The van der Waals surface area contributed by atoms with Gasteiger partial charge in [0.15, 0.2) is 5.65 Å². The predicted molar refractivity (Wildman–Crippen MR) is 120 cm³/mol. The first kappa shape index (κ1) is 21.7. The molecule has 0 unspecified atom stereocenters. The Kier molecular flexibility index (Phi) is 6.34. The van der Waals surface area contributed by atoms with Crippen molar-refractivity contribution in [2.24, 2.45) is 0 Å². The second-order valence-electron chi connectivity index (χ2n) is 7.94. The number of hydrogen-bond donors (Lipinski definition) is 2. The van der Waals surface area contributed by atoms with Gasteiger partial charge in [-0.25, -0.2) is 14.1 Å². The lowest BCUT2D eigenvalue weighted by molar-refractivity contribution is -0.129. The van der Waals surface area contributed by atoms with Gasteiger partial charge < -0.3 is 15.5 Å². The van der Waals surface area contributed by atoms with Crippen LogP contribution in [0.1, 0.15) is 42.6 Å². The van der Waals surface area contributed by atoms with Gasteiger partial charge in [0.1, 0.15) is 5.82 Å². The quantitative estimate of drug-likeness (QED) is 0.617. The SMILES string of the molecule is CCn1ncc2c(NC3CCN(C(C)=O)CC3)c(C(=O)NCc3ccccc3F)cnc21. The zero-order valence-electron chi connectivity index (χ0n) is 18.3. The van der Waals surface area contributed by atoms with Crippen molar-refractivity contribution in [3.8, 4) is 0 Å². The zero-order valence-corrected chi connectivity index (χ0v) is 18.3. The lowest BCUT2D eigenvalue weighted by Gasteiger charge is -2.32. The smallest absolute Gasteiger partial charge is 0.255 e. The second-order valence-corrected chi connectivity index (χ2v) is 7.94. The van der Waals surface area contributed by atoms with Crippen LogP contribution in [0.5, 0.6) is 0 Å². The van der Waals surface area contributed by atoms with E-state index in [0.717, 1.165) is 18.2 Å². The van der Waals surface area contributed by atoms with Crippen LogP contribution in [0.3, 0.4) is 0 Å². The van der Waals surface area contributed by atoms with Crippen LogP contribution in [-0.4, -0.2) is 50.6 Å². The first-order valence-corrected chi connectivity index (χ1v) is 10.9. The molecule has 0 atom stereocenters. The third kappa shape index (κ3) is 4.42. The van der Waals surface area contributed by atoms with E-state index in [4.69, 9.17) is 0 Å². The van der Waals surface area contributed by atoms with E-state index in [2.05, 4.69) is 20.7 Å². The molecule has 0 saturated carbocycles. The summed E-state index contributed by atoms with van der Waals surface area (Å²) >= 11 is 0. The Morgan fingerprint density at radius 3 is 2.62 bits per heavy atom. The number of halogens is 1. The number of amides is 2. The van der Waals surface area contributed by atoms with Gasteiger partial charge in [-0.15, -0.1) is 0 Å². The van der Waals surface area contributed by atoms with Gasteiger partial charge >= 0.3 is 0 Å².